The molecule has 1 aromatic carbocycles. The van der Waals surface area contributed by atoms with Crippen LogP contribution in [0.2, 0.25) is 0 Å². The summed E-state index contributed by atoms with van der Waals surface area (Å²) in [6.45, 7) is 2.14. The molecule has 2 rings (SSSR count). The largest absolute Gasteiger partial charge is 0.489 e. The van der Waals surface area contributed by atoms with Crippen molar-refractivity contribution in [3.63, 3.8) is 0 Å². The molecule has 4 nitrogen and oxygen atoms in total. The number of sulfonamides is 1. The SMILES string of the molecule is CCC1CCCC(Oc2ccc(F)cc2S(N)(=O)=O)C1. The van der Waals surface area contributed by atoms with E-state index in [0.717, 1.165) is 31.7 Å². The van der Waals surface area contributed by atoms with E-state index >= 15 is 0 Å². The summed E-state index contributed by atoms with van der Waals surface area (Å²) in [4.78, 5) is -0.281. The number of benzene rings is 1. The number of halogens is 1. The van der Waals surface area contributed by atoms with Gasteiger partial charge in [0.2, 0.25) is 10.0 Å². The fourth-order valence-electron chi connectivity index (χ4n) is 2.70. The molecule has 20 heavy (non-hydrogen) atoms. The standard InChI is InChI=1S/C14H20FNO3S/c1-2-10-4-3-5-12(8-10)19-13-7-6-11(15)9-14(13)20(16,17)18/h6-7,9-10,12H,2-5,8H2,1H3,(H2,16,17,18). The van der Waals surface area contributed by atoms with Crippen LogP contribution in [0.15, 0.2) is 23.1 Å². The Bertz CT molecular complexity index is 574. The summed E-state index contributed by atoms with van der Waals surface area (Å²) < 4.78 is 42.0. The maximum Gasteiger partial charge on any atom is 0.241 e. The lowest BCUT2D eigenvalue weighted by atomic mass is 9.85. The topological polar surface area (TPSA) is 69.4 Å². The Labute approximate surface area is 119 Å². The summed E-state index contributed by atoms with van der Waals surface area (Å²) in [6.07, 6.45) is 5.10. The van der Waals surface area contributed by atoms with Crippen LogP contribution in [0.25, 0.3) is 0 Å². The van der Waals surface area contributed by atoms with Gasteiger partial charge in [0, 0.05) is 0 Å². The summed E-state index contributed by atoms with van der Waals surface area (Å²) in [6, 6.07) is 3.43. The number of primary sulfonamides is 1. The molecule has 0 saturated heterocycles. The molecule has 0 amide bonds. The molecule has 2 atom stereocenters. The zero-order valence-corrected chi connectivity index (χ0v) is 12.3. The van der Waals surface area contributed by atoms with Crippen molar-refractivity contribution >= 4 is 10.0 Å². The van der Waals surface area contributed by atoms with Crippen LogP contribution in [-0.2, 0) is 10.0 Å². The zero-order valence-electron chi connectivity index (χ0n) is 11.5. The van der Waals surface area contributed by atoms with Gasteiger partial charge in [-0.25, -0.2) is 17.9 Å². The lowest BCUT2D eigenvalue weighted by molar-refractivity contribution is 0.118. The third-order valence-electron chi connectivity index (χ3n) is 3.82. The van der Waals surface area contributed by atoms with Gasteiger partial charge in [-0.05, 0) is 43.4 Å². The zero-order chi connectivity index (χ0) is 14.8. The molecule has 112 valence electrons. The molecule has 1 aliphatic carbocycles. The lowest BCUT2D eigenvalue weighted by Crippen LogP contribution is -2.26. The van der Waals surface area contributed by atoms with Crippen molar-refractivity contribution in [2.45, 2.75) is 50.0 Å². The minimum atomic E-state index is -3.99. The predicted molar refractivity (Wildman–Crippen MR) is 74.4 cm³/mol. The molecule has 0 spiro atoms. The maximum absolute atomic E-state index is 13.2. The smallest absolute Gasteiger partial charge is 0.241 e. The third-order valence-corrected chi connectivity index (χ3v) is 4.75. The molecule has 0 heterocycles. The minimum absolute atomic E-state index is 0.0281. The number of ether oxygens (including phenoxy) is 1. The van der Waals surface area contributed by atoms with Crippen molar-refractivity contribution in [1.29, 1.82) is 0 Å². The molecule has 1 fully saturated rings. The van der Waals surface area contributed by atoms with E-state index in [4.69, 9.17) is 9.88 Å². The molecule has 0 radical (unpaired) electrons. The Morgan fingerprint density at radius 1 is 1.40 bits per heavy atom. The highest BCUT2D eigenvalue weighted by Gasteiger charge is 2.24. The molecule has 0 bridgehead atoms. The van der Waals surface area contributed by atoms with Gasteiger partial charge in [-0.15, -0.1) is 0 Å². The molecule has 0 aliphatic heterocycles. The van der Waals surface area contributed by atoms with Crippen molar-refractivity contribution < 1.29 is 17.5 Å². The molecule has 0 aromatic heterocycles. The minimum Gasteiger partial charge on any atom is -0.489 e. The Kier molecular flexibility index (Phi) is 4.65. The monoisotopic (exact) mass is 301 g/mol. The van der Waals surface area contributed by atoms with Crippen LogP contribution in [0.5, 0.6) is 5.75 Å². The quantitative estimate of drug-likeness (QED) is 0.929. The second kappa shape index (κ2) is 6.10. The Hall–Kier alpha value is -1.14. The van der Waals surface area contributed by atoms with E-state index in [-0.39, 0.29) is 16.7 Å². The number of rotatable bonds is 4. The van der Waals surface area contributed by atoms with Crippen molar-refractivity contribution in [2.24, 2.45) is 11.1 Å². The van der Waals surface area contributed by atoms with Gasteiger partial charge in [0.1, 0.15) is 16.5 Å². The van der Waals surface area contributed by atoms with Crippen molar-refractivity contribution in [1.82, 2.24) is 0 Å². The second-order valence-corrected chi connectivity index (χ2v) is 6.85. The number of hydrogen-bond donors (Lipinski definition) is 1. The van der Waals surface area contributed by atoms with Gasteiger partial charge in [-0.2, -0.15) is 0 Å². The van der Waals surface area contributed by atoms with E-state index in [1.165, 1.54) is 18.6 Å². The molecule has 1 aliphatic rings. The first kappa shape index (κ1) is 15.3. The third kappa shape index (κ3) is 3.70. The Morgan fingerprint density at radius 3 is 2.80 bits per heavy atom. The van der Waals surface area contributed by atoms with Crippen molar-refractivity contribution in [2.75, 3.05) is 0 Å². The summed E-state index contributed by atoms with van der Waals surface area (Å²) in [5.41, 5.74) is 0. The van der Waals surface area contributed by atoms with E-state index in [1.54, 1.807) is 0 Å². The average molecular weight is 301 g/mol. The highest BCUT2D eigenvalue weighted by Crippen LogP contribution is 2.32. The number of nitrogens with two attached hydrogens (primary N) is 1. The van der Waals surface area contributed by atoms with Crippen LogP contribution in [0.3, 0.4) is 0 Å². The van der Waals surface area contributed by atoms with Crippen LogP contribution >= 0.6 is 0 Å². The summed E-state index contributed by atoms with van der Waals surface area (Å²) in [5.74, 6) is 0.110. The molecule has 1 aromatic rings. The van der Waals surface area contributed by atoms with Gasteiger partial charge >= 0.3 is 0 Å². The van der Waals surface area contributed by atoms with Crippen LogP contribution in [-0.4, -0.2) is 14.5 Å². The fourth-order valence-corrected chi connectivity index (χ4v) is 3.37. The van der Waals surface area contributed by atoms with Crippen LogP contribution in [0, 0.1) is 11.7 Å². The first-order valence-electron chi connectivity index (χ1n) is 6.89. The normalized spacial score (nSPS) is 23.6. The first-order chi connectivity index (χ1) is 9.40. The molecule has 2 N–H and O–H groups in total. The van der Waals surface area contributed by atoms with Gasteiger partial charge in [-0.3, -0.25) is 0 Å². The average Bonchev–Trinajstić information content (AvgIpc) is 2.40. The summed E-state index contributed by atoms with van der Waals surface area (Å²) in [5, 5.41) is 5.11. The highest BCUT2D eigenvalue weighted by atomic mass is 32.2. The maximum atomic E-state index is 13.2. The molecular formula is C14H20FNO3S. The summed E-state index contributed by atoms with van der Waals surface area (Å²) in [7, 11) is -3.99. The predicted octanol–water partition coefficient (Wildman–Crippen LogP) is 2.82. The Morgan fingerprint density at radius 2 is 2.15 bits per heavy atom. The van der Waals surface area contributed by atoms with Crippen LogP contribution in [0.4, 0.5) is 4.39 Å². The van der Waals surface area contributed by atoms with E-state index in [0.29, 0.717) is 5.92 Å². The van der Waals surface area contributed by atoms with E-state index in [9.17, 15) is 12.8 Å². The Balaban J connectivity index is 2.21. The molecule has 1 saturated carbocycles. The van der Waals surface area contributed by atoms with E-state index < -0.39 is 15.8 Å². The molecular weight excluding hydrogens is 281 g/mol. The van der Waals surface area contributed by atoms with E-state index in [1.807, 2.05) is 0 Å². The van der Waals surface area contributed by atoms with Gasteiger partial charge in [0.25, 0.3) is 0 Å². The van der Waals surface area contributed by atoms with Gasteiger partial charge in [0.05, 0.1) is 6.10 Å². The first-order valence-corrected chi connectivity index (χ1v) is 8.43. The van der Waals surface area contributed by atoms with E-state index in [2.05, 4.69) is 6.92 Å². The van der Waals surface area contributed by atoms with Crippen LogP contribution < -0.4 is 9.88 Å². The molecule has 6 heteroatoms. The lowest BCUT2D eigenvalue weighted by Gasteiger charge is -2.29. The highest BCUT2D eigenvalue weighted by molar-refractivity contribution is 7.89. The van der Waals surface area contributed by atoms with Crippen LogP contribution in [0.1, 0.15) is 39.0 Å². The fraction of sp³-hybridized carbons (Fsp3) is 0.571. The molecule has 2 unspecified atom stereocenters. The van der Waals surface area contributed by atoms with Gasteiger partial charge < -0.3 is 4.74 Å². The second-order valence-electron chi connectivity index (χ2n) is 5.32. The van der Waals surface area contributed by atoms with Crippen molar-refractivity contribution in [3.8, 4) is 5.75 Å². The van der Waals surface area contributed by atoms with Gasteiger partial charge in [-0.1, -0.05) is 19.8 Å². The van der Waals surface area contributed by atoms with Gasteiger partial charge in [0.15, 0.2) is 0 Å². The van der Waals surface area contributed by atoms with Crippen molar-refractivity contribution in [3.05, 3.63) is 24.0 Å². The summed E-state index contributed by atoms with van der Waals surface area (Å²) >= 11 is 0. The number of hydrogen-bond acceptors (Lipinski definition) is 3.